The van der Waals surface area contributed by atoms with E-state index in [0.29, 0.717) is 23.2 Å². The van der Waals surface area contributed by atoms with Gasteiger partial charge in [0.1, 0.15) is 4.88 Å². The first-order chi connectivity index (χ1) is 13.1. The molecule has 1 aliphatic rings. The molecule has 1 atom stereocenters. The van der Waals surface area contributed by atoms with Crippen LogP contribution >= 0.6 is 11.3 Å². The van der Waals surface area contributed by atoms with Crippen molar-refractivity contribution in [2.24, 2.45) is 4.99 Å². The summed E-state index contributed by atoms with van der Waals surface area (Å²) in [5, 5.41) is 2.90. The molecule has 148 valence electrons. The van der Waals surface area contributed by atoms with E-state index in [1.807, 2.05) is 13.0 Å². The molecule has 2 aromatic heterocycles. The van der Waals surface area contributed by atoms with E-state index in [9.17, 15) is 22.8 Å². The Bertz CT molecular complexity index is 1020. The summed E-state index contributed by atoms with van der Waals surface area (Å²) in [6.07, 6.45) is 0.945. The van der Waals surface area contributed by atoms with Crippen molar-refractivity contribution in [1.29, 1.82) is 0 Å². The van der Waals surface area contributed by atoms with Gasteiger partial charge in [-0.15, -0.1) is 0 Å². The fourth-order valence-corrected chi connectivity index (χ4v) is 3.52. The van der Waals surface area contributed by atoms with E-state index in [2.05, 4.69) is 15.3 Å². The lowest BCUT2D eigenvalue weighted by atomic mass is 10.1. The Kier molecular flexibility index (Phi) is 5.50. The molecular weight excluding hydrogens is 393 g/mol. The number of alkyl halides is 3. The first-order valence-corrected chi connectivity index (χ1v) is 9.25. The molecule has 1 N–H and O–H groups in total. The van der Waals surface area contributed by atoms with Gasteiger partial charge in [0.2, 0.25) is 0 Å². The molecule has 28 heavy (non-hydrogen) atoms. The Balaban J connectivity index is 1.77. The van der Waals surface area contributed by atoms with Gasteiger partial charge in [-0.25, -0.2) is 4.98 Å². The summed E-state index contributed by atoms with van der Waals surface area (Å²) in [5.74, 6) is -0.367. The maximum Gasteiger partial charge on any atom is 0.416 e. The van der Waals surface area contributed by atoms with Gasteiger partial charge in [0.05, 0.1) is 17.3 Å². The van der Waals surface area contributed by atoms with E-state index in [1.165, 1.54) is 0 Å². The third kappa shape index (κ3) is 4.38. The van der Waals surface area contributed by atoms with Crippen LogP contribution in [-0.2, 0) is 6.18 Å². The van der Waals surface area contributed by atoms with Crippen LogP contribution in [0.2, 0.25) is 0 Å². The van der Waals surface area contributed by atoms with Crippen LogP contribution in [0, 0.1) is 6.92 Å². The van der Waals surface area contributed by atoms with Gasteiger partial charge in [-0.05, 0) is 31.9 Å². The van der Waals surface area contributed by atoms with Crippen LogP contribution in [0.1, 0.15) is 34.3 Å². The average molecular weight is 410 g/mol. The van der Waals surface area contributed by atoms with Crippen molar-refractivity contribution in [3.05, 3.63) is 56.5 Å². The number of rotatable bonds is 4. The summed E-state index contributed by atoms with van der Waals surface area (Å²) in [5.41, 5.74) is -0.609. The zero-order valence-corrected chi connectivity index (χ0v) is 15.9. The molecule has 3 rings (SSSR count). The Labute approximate surface area is 162 Å². The van der Waals surface area contributed by atoms with E-state index in [4.69, 9.17) is 0 Å². The lowest BCUT2D eigenvalue weighted by molar-refractivity contribution is -0.137. The van der Waals surface area contributed by atoms with E-state index >= 15 is 0 Å². The number of hydrogen-bond acceptors (Lipinski definition) is 5. The van der Waals surface area contributed by atoms with Crippen LogP contribution in [0.25, 0.3) is 5.13 Å². The number of aliphatic imine (C=N–C) groups is 1. The normalized spacial score (nSPS) is 16.8. The number of halogens is 3. The van der Waals surface area contributed by atoms with Crippen molar-refractivity contribution >= 4 is 23.5 Å². The third-order valence-corrected chi connectivity index (χ3v) is 5.27. The van der Waals surface area contributed by atoms with E-state index in [0.717, 1.165) is 40.2 Å². The molecule has 0 fully saturated rings. The summed E-state index contributed by atoms with van der Waals surface area (Å²) in [6.45, 7) is 3.91. The highest BCUT2D eigenvalue weighted by atomic mass is 32.1. The van der Waals surface area contributed by atoms with Crippen molar-refractivity contribution in [2.45, 2.75) is 32.5 Å². The van der Waals surface area contributed by atoms with Gasteiger partial charge in [0.25, 0.3) is 11.5 Å². The molecule has 6 nitrogen and oxygen atoms in total. The van der Waals surface area contributed by atoms with Crippen molar-refractivity contribution in [1.82, 2.24) is 14.9 Å². The maximum absolute atomic E-state index is 12.7. The number of carbonyl (C=O) groups excluding carboxylic acids is 1. The van der Waals surface area contributed by atoms with Crippen molar-refractivity contribution in [3.8, 4) is 5.13 Å². The monoisotopic (exact) mass is 410 g/mol. The number of aryl methyl sites for hydroxylation is 1. The molecule has 2 aromatic rings. The van der Waals surface area contributed by atoms with Gasteiger partial charge in [0.15, 0.2) is 5.13 Å². The van der Waals surface area contributed by atoms with Crippen LogP contribution in [0.15, 0.2) is 39.8 Å². The fraction of sp³-hybridized carbons (Fsp3) is 0.333. The number of thiazole rings is 1. The van der Waals surface area contributed by atoms with Crippen LogP contribution < -0.4 is 10.9 Å². The molecular formula is C18H17F3N4O2S. The van der Waals surface area contributed by atoms with Crippen LogP contribution in [0.3, 0.4) is 0 Å². The lowest BCUT2D eigenvalue weighted by Crippen LogP contribution is -2.26. The highest BCUT2D eigenvalue weighted by Gasteiger charge is 2.31. The Morgan fingerprint density at radius 3 is 2.79 bits per heavy atom. The molecule has 0 bridgehead atoms. The van der Waals surface area contributed by atoms with Gasteiger partial charge in [0, 0.05) is 25.0 Å². The van der Waals surface area contributed by atoms with Crippen LogP contribution in [-0.4, -0.2) is 34.3 Å². The molecule has 1 aliphatic heterocycles. The second kappa shape index (κ2) is 7.70. The van der Waals surface area contributed by atoms with E-state index in [-0.39, 0.29) is 17.1 Å². The zero-order valence-electron chi connectivity index (χ0n) is 15.1. The largest absolute Gasteiger partial charge is 0.416 e. The third-order valence-electron chi connectivity index (χ3n) is 4.11. The Morgan fingerprint density at radius 1 is 1.43 bits per heavy atom. The zero-order chi connectivity index (χ0) is 20.5. The standard InChI is InChI=1S/C18H17F3N4O2S/c1-10-3-4-12(8-22-10)9-23-16(27)15-11(2)24-17(28-15)25-6-5-13(7-14(25)26)18(19,20)21/h4-8,10H,3,9H2,1-2H3,(H,23,27). The Hall–Kier alpha value is -2.75. The van der Waals surface area contributed by atoms with Crippen LogP contribution in [0.5, 0.6) is 0 Å². The molecule has 0 spiro atoms. The second-order valence-corrected chi connectivity index (χ2v) is 7.33. The van der Waals surface area contributed by atoms with Crippen molar-refractivity contribution in [3.63, 3.8) is 0 Å². The fourth-order valence-electron chi connectivity index (χ4n) is 2.55. The first-order valence-electron chi connectivity index (χ1n) is 8.43. The predicted octanol–water partition coefficient (Wildman–Crippen LogP) is 3.14. The van der Waals surface area contributed by atoms with Crippen molar-refractivity contribution < 1.29 is 18.0 Å². The molecule has 1 amide bonds. The number of aromatic nitrogens is 2. The number of carbonyl (C=O) groups is 1. The molecule has 0 saturated heterocycles. The summed E-state index contributed by atoms with van der Waals surface area (Å²) in [6, 6.07) is 1.54. The van der Waals surface area contributed by atoms with Gasteiger partial charge in [-0.3, -0.25) is 19.1 Å². The molecule has 1 unspecified atom stereocenters. The molecule has 0 saturated carbocycles. The molecule has 0 aliphatic carbocycles. The minimum absolute atomic E-state index is 0.133. The predicted molar refractivity (Wildman–Crippen MR) is 100 cm³/mol. The average Bonchev–Trinajstić information content (AvgIpc) is 3.01. The number of dihydropyridines is 1. The van der Waals surface area contributed by atoms with Crippen molar-refractivity contribution in [2.75, 3.05) is 6.54 Å². The second-order valence-electron chi connectivity index (χ2n) is 6.36. The number of pyridine rings is 1. The van der Waals surface area contributed by atoms with Gasteiger partial charge >= 0.3 is 6.18 Å². The van der Waals surface area contributed by atoms with Gasteiger partial charge in [-0.2, -0.15) is 13.2 Å². The summed E-state index contributed by atoms with van der Waals surface area (Å²) >= 11 is 0.941. The highest BCUT2D eigenvalue weighted by Crippen LogP contribution is 2.28. The SMILES string of the molecule is Cc1nc(-n2ccc(C(F)(F)F)cc2=O)sc1C(=O)NCC1=CCC(C)N=C1. The smallest absolute Gasteiger partial charge is 0.347 e. The number of nitrogens with zero attached hydrogens (tertiary/aromatic N) is 3. The topological polar surface area (TPSA) is 76.3 Å². The maximum atomic E-state index is 12.7. The molecule has 0 radical (unpaired) electrons. The van der Waals surface area contributed by atoms with E-state index < -0.39 is 17.3 Å². The van der Waals surface area contributed by atoms with Gasteiger partial charge in [-0.1, -0.05) is 17.4 Å². The van der Waals surface area contributed by atoms with E-state index in [1.54, 1.807) is 13.1 Å². The summed E-state index contributed by atoms with van der Waals surface area (Å²) in [7, 11) is 0. The number of nitrogens with one attached hydrogen (secondary N) is 1. The quantitative estimate of drug-likeness (QED) is 0.841. The Morgan fingerprint density at radius 2 is 2.18 bits per heavy atom. The number of hydrogen-bond donors (Lipinski definition) is 1. The summed E-state index contributed by atoms with van der Waals surface area (Å²) < 4.78 is 39.1. The van der Waals surface area contributed by atoms with Crippen LogP contribution in [0.4, 0.5) is 13.2 Å². The highest BCUT2D eigenvalue weighted by molar-refractivity contribution is 7.16. The number of amides is 1. The first kappa shape index (κ1) is 20.0. The summed E-state index contributed by atoms with van der Waals surface area (Å²) in [4.78, 5) is 33.2. The molecule has 3 heterocycles. The minimum Gasteiger partial charge on any atom is -0.347 e. The lowest BCUT2D eigenvalue weighted by Gasteiger charge is -2.11. The van der Waals surface area contributed by atoms with Gasteiger partial charge < -0.3 is 5.32 Å². The minimum atomic E-state index is -4.60. The molecule has 0 aromatic carbocycles. The molecule has 10 heteroatoms.